The summed E-state index contributed by atoms with van der Waals surface area (Å²) in [5.74, 6) is 1.85. The van der Waals surface area contributed by atoms with Crippen LogP contribution >= 0.6 is 0 Å². The van der Waals surface area contributed by atoms with E-state index in [-0.39, 0.29) is 11.6 Å². The lowest BCUT2D eigenvalue weighted by molar-refractivity contribution is 0.185. The molecule has 0 bridgehead atoms. The molecule has 0 aliphatic carbocycles. The molecule has 1 aliphatic rings. The van der Waals surface area contributed by atoms with Gasteiger partial charge in [0, 0.05) is 43.5 Å². The minimum absolute atomic E-state index is 0.00828. The number of para-hydroxylation sites is 1. The number of hydrogen-bond donors (Lipinski definition) is 1. The topological polar surface area (TPSA) is 61.4 Å². The normalized spacial score (nSPS) is 15.5. The monoisotopic (exact) mass is 341 g/mol. The second-order valence-electron chi connectivity index (χ2n) is 7.49. The third-order valence-corrected chi connectivity index (χ3v) is 4.29. The molecule has 1 fully saturated rings. The van der Waals surface area contributed by atoms with Crippen molar-refractivity contribution in [2.75, 3.05) is 31.1 Å². The van der Waals surface area contributed by atoms with Crippen molar-refractivity contribution in [1.82, 2.24) is 20.2 Å². The smallest absolute Gasteiger partial charge is 0.317 e. The number of nitrogens with zero attached hydrogens (tertiary/aromatic N) is 4. The Kier molecular flexibility index (Phi) is 4.79. The van der Waals surface area contributed by atoms with Crippen molar-refractivity contribution >= 4 is 22.8 Å². The van der Waals surface area contributed by atoms with Crippen LogP contribution in [-0.2, 0) is 6.42 Å². The number of hydrogen-bond acceptors (Lipinski definition) is 4. The number of benzene rings is 1. The Balaban J connectivity index is 1.77. The maximum Gasteiger partial charge on any atom is 0.317 e. The first-order chi connectivity index (χ1) is 11.9. The van der Waals surface area contributed by atoms with Crippen LogP contribution in [0.3, 0.4) is 0 Å². The molecule has 1 aromatic carbocycles. The van der Waals surface area contributed by atoms with E-state index >= 15 is 0 Å². The number of amides is 2. The van der Waals surface area contributed by atoms with Crippen LogP contribution in [0.1, 0.15) is 33.5 Å². The van der Waals surface area contributed by atoms with Gasteiger partial charge in [0.1, 0.15) is 11.6 Å². The summed E-state index contributed by atoms with van der Waals surface area (Å²) >= 11 is 0. The van der Waals surface area contributed by atoms with Gasteiger partial charge >= 0.3 is 6.03 Å². The van der Waals surface area contributed by atoms with Crippen LogP contribution < -0.4 is 10.2 Å². The lowest BCUT2D eigenvalue weighted by atomic mass is 10.1. The van der Waals surface area contributed by atoms with Gasteiger partial charge in [0.25, 0.3) is 0 Å². The highest BCUT2D eigenvalue weighted by atomic mass is 16.2. The third kappa shape index (κ3) is 4.00. The minimum atomic E-state index is -0.215. The molecule has 2 amide bonds. The Morgan fingerprint density at radius 2 is 1.80 bits per heavy atom. The van der Waals surface area contributed by atoms with Crippen LogP contribution in [-0.4, -0.2) is 52.6 Å². The van der Waals surface area contributed by atoms with Gasteiger partial charge in [0.15, 0.2) is 0 Å². The molecule has 1 aliphatic heterocycles. The molecule has 0 radical (unpaired) electrons. The molecule has 1 N–H and O–H groups in total. The van der Waals surface area contributed by atoms with Crippen LogP contribution in [0.4, 0.5) is 10.6 Å². The highest BCUT2D eigenvalue weighted by Gasteiger charge is 2.25. The van der Waals surface area contributed by atoms with E-state index in [1.165, 1.54) is 0 Å². The predicted octanol–water partition coefficient (Wildman–Crippen LogP) is 2.82. The molecule has 0 spiro atoms. The van der Waals surface area contributed by atoms with Crippen molar-refractivity contribution in [2.24, 2.45) is 0 Å². The first-order valence-electron chi connectivity index (χ1n) is 8.95. The van der Waals surface area contributed by atoms with Crippen molar-refractivity contribution in [3.05, 3.63) is 30.1 Å². The second kappa shape index (κ2) is 6.86. The number of anilines is 1. The number of aromatic nitrogens is 2. The quantitative estimate of drug-likeness (QED) is 0.912. The molecular weight excluding hydrogens is 314 g/mol. The van der Waals surface area contributed by atoms with Gasteiger partial charge in [-0.3, -0.25) is 0 Å². The van der Waals surface area contributed by atoms with Gasteiger partial charge in [-0.15, -0.1) is 0 Å². The van der Waals surface area contributed by atoms with E-state index in [1.807, 2.05) is 43.9 Å². The van der Waals surface area contributed by atoms with Crippen molar-refractivity contribution in [2.45, 2.75) is 39.7 Å². The van der Waals surface area contributed by atoms with Gasteiger partial charge in [-0.25, -0.2) is 14.8 Å². The van der Waals surface area contributed by atoms with E-state index in [1.54, 1.807) is 0 Å². The molecule has 1 aromatic heterocycles. The molecule has 0 atom stereocenters. The molecule has 1 saturated heterocycles. The highest BCUT2D eigenvalue weighted by Crippen LogP contribution is 2.25. The average Bonchev–Trinajstić information content (AvgIpc) is 2.59. The molecule has 134 valence electrons. The van der Waals surface area contributed by atoms with E-state index in [2.05, 4.69) is 28.2 Å². The zero-order chi connectivity index (χ0) is 18.0. The molecule has 3 rings (SSSR count). The van der Waals surface area contributed by atoms with Crippen LogP contribution in [0.5, 0.6) is 0 Å². The SMILES string of the molecule is CCc1nc(N2CCN(C(=O)NC(C)(C)C)CC2)c2ccccc2n1. The number of piperazine rings is 1. The maximum atomic E-state index is 12.3. The Labute approximate surface area is 149 Å². The summed E-state index contributed by atoms with van der Waals surface area (Å²) in [5, 5.41) is 4.11. The first-order valence-corrected chi connectivity index (χ1v) is 8.95. The third-order valence-electron chi connectivity index (χ3n) is 4.29. The van der Waals surface area contributed by atoms with Crippen LogP contribution in [0, 0.1) is 0 Å². The van der Waals surface area contributed by atoms with Crippen molar-refractivity contribution < 1.29 is 4.79 Å². The van der Waals surface area contributed by atoms with Crippen LogP contribution in [0.15, 0.2) is 24.3 Å². The van der Waals surface area contributed by atoms with E-state index in [9.17, 15) is 4.79 Å². The lowest BCUT2D eigenvalue weighted by Gasteiger charge is -2.37. The number of fused-ring (bicyclic) bond motifs is 1. The summed E-state index contributed by atoms with van der Waals surface area (Å²) in [6.45, 7) is 11.0. The van der Waals surface area contributed by atoms with E-state index in [0.717, 1.165) is 42.1 Å². The zero-order valence-corrected chi connectivity index (χ0v) is 15.5. The number of aryl methyl sites for hydroxylation is 1. The summed E-state index contributed by atoms with van der Waals surface area (Å²) in [7, 11) is 0. The molecule has 2 aromatic rings. The molecule has 0 unspecified atom stereocenters. The predicted molar refractivity (Wildman–Crippen MR) is 101 cm³/mol. The molecule has 6 nitrogen and oxygen atoms in total. The minimum Gasteiger partial charge on any atom is -0.352 e. The van der Waals surface area contributed by atoms with Crippen molar-refractivity contribution in [3.63, 3.8) is 0 Å². The van der Waals surface area contributed by atoms with E-state index < -0.39 is 0 Å². The fraction of sp³-hybridized carbons (Fsp3) is 0.526. The Hall–Kier alpha value is -2.37. The van der Waals surface area contributed by atoms with E-state index in [4.69, 9.17) is 4.98 Å². The van der Waals surface area contributed by atoms with Crippen molar-refractivity contribution in [3.8, 4) is 0 Å². The molecule has 6 heteroatoms. The standard InChI is InChI=1S/C19H27N5O/c1-5-16-20-15-9-7-6-8-14(15)17(21-16)23-10-12-24(13-11-23)18(25)22-19(2,3)4/h6-9H,5,10-13H2,1-4H3,(H,22,25). The van der Waals surface area contributed by atoms with Gasteiger partial charge in [0.2, 0.25) is 0 Å². The van der Waals surface area contributed by atoms with Crippen LogP contribution in [0.2, 0.25) is 0 Å². The fourth-order valence-corrected chi connectivity index (χ4v) is 3.03. The highest BCUT2D eigenvalue weighted by molar-refractivity contribution is 5.89. The molecule has 0 saturated carbocycles. The van der Waals surface area contributed by atoms with Gasteiger partial charge in [-0.2, -0.15) is 0 Å². The second-order valence-corrected chi connectivity index (χ2v) is 7.49. The number of urea groups is 1. The zero-order valence-electron chi connectivity index (χ0n) is 15.5. The van der Waals surface area contributed by atoms with Gasteiger partial charge in [0.05, 0.1) is 5.52 Å². The largest absolute Gasteiger partial charge is 0.352 e. The van der Waals surface area contributed by atoms with Gasteiger partial charge < -0.3 is 15.1 Å². The molecule has 2 heterocycles. The maximum absolute atomic E-state index is 12.3. The lowest BCUT2D eigenvalue weighted by Crippen LogP contribution is -2.55. The first kappa shape index (κ1) is 17.5. The summed E-state index contributed by atoms with van der Waals surface area (Å²) < 4.78 is 0. The summed E-state index contributed by atoms with van der Waals surface area (Å²) in [6.07, 6.45) is 0.811. The number of carbonyl (C=O) groups is 1. The Morgan fingerprint density at radius 3 is 2.44 bits per heavy atom. The summed E-state index contributed by atoms with van der Waals surface area (Å²) in [6, 6.07) is 8.14. The number of nitrogens with one attached hydrogen (secondary N) is 1. The molecular formula is C19H27N5O. The van der Waals surface area contributed by atoms with Gasteiger partial charge in [-0.1, -0.05) is 19.1 Å². The average molecular weight is 341 g/mol. The van der Waals surface area contributed by atoms with E-state index in [0.29, 0.717) is 13.1 Å². The summed E-state index contributed by atoms with van der Waals surface area (Å²) in [5.41, 5.74) is 0.768. The number of carbonyl (C=O) groups excluding carboxylic acids is 1. The summed E-state index contributed by atoms with van der Waals surface area (Å²) in [4.78, 5) is 25.9. The van der Waals surface area contributed by atoms with Crippen molar-refractivity contribution in [1.29, 1.82) is 0 Å². The Bertz CT molecular complexity index is 760. The molecule has 25 heavy (non-hydrogen) atoms. The van der Waals surface area contributed by atoms with Gasteiger partial charge in [-0.05, 0) is 32.9 Å². The number of rotatable bonds is 2. The van der Waals surface area contributed by atoms with Crippen LogP contribution in [0.25, 0.3) is 10.9 Å². The fourth-order valence-electron chi connectivity index (χ4n) is 3.03. The Morgan fingerprint density at radius 1 is 1.12 bits per heavy atom.